The molecule has 0 spiro atoms. The van der Waals surface area contributed by atoms with Crippen LogP contribution in [0.2, 0.25) is 0 Å². The molecule has 0 saturated heterocycles. The Labute approximate surface area is 109 Å². The zero-order valence-electron chi connectivity index (χ0n) is 10.8. The van der Waals surface area contributed by atoms with Gasteiger partial charge in [-0.1, -0.05) is 11.8 Å². The summed E-state index contributed by atoms with van der Waals surface area (Å²) >= 11 is 1.35. The molecule has 2 aromatic heterocycles. The van der Waals surface area contributed by atoms with E-state index in [9.17, 15) is 4.79 Å². The number of tetrazole rings is 1. The summed E-state index contributed by atoms with van der Waals surface area (Å²) in [5.74, 6) is 0.447. The topological polar surface area (TPSA) is 65.6 Å². The van der Waals surface area contributed by atoms with Crippen molar-refractivity contribution in [2.24, 2.45) is 14.1 Å². The number of hydrogen-bond acceptors (Lipinski definition) is 5. The molecule has 0 fully saturated rings. The van der Waals surface area contributed by atoms with Gasteiger partial charge in [-0.15, -0.1) is 5.10 Å². The van der Waals surface area contributed by atoms with E-state index in [1.165, 1.54) is 11.8 Å². The molecule has 0 atom stereocenters. The van der Waals surface area contributed by atoms with Crippen molar-refractivity contribution in [3.63, 3.8) is 0 Å². The Balaban J connectivity index is 2.09. The van der Waals surface area contributed by atoms with Gasteiger partial charge in [-0.2, -0.15) is 0 Å². The summed E-state index contributed by atoms with van der Waals surface area (Å²) < 4.78 is 3.57. The maximum atomic E-state index is 12.1. The number of carbonyl (C=O) groups is 1. The zero-order chi connectivity index (χ0) is 13.3. The van der Waals surface area contributed by atoms with Crippen molar-refractivity contribution in [3.8, 4) is 0 Å². The predicted octanol–water partition coefficient (Wildman–Crippen LogP) is 1.14. The molecule has 0 aliphatic carbocycles. The second-order valence-electron chi connectivity index (χ2n) is 4.14. The van der Waals surface area contributed by atoms with Crippen molar-refractivity contribution in [2.45, 2.75) is 19.0 Å². The number of ketones is 1. The van der Waals surface area contributed by atoms with E-state index in [2.05, 4.69) is 15.5 Å². The van der Waals surface area contributed by atoms with E-state index in [1.807, 2.05) is 31.5 Å². The number of thioether (sulfide) groups is 1. The lowest BCUT2D eigenvalue weighted by molar-refractivity contribution is 0.102. The molecule has 0 aromatic carbocycles. The van der Waals surface area contributed by atoms with Gasteiger partial charge in [0.05, 0.1) is 5.75 Å². The fraction of sp³-hybridized carbons (Fsp3) is 0.455. The molecule has 0 bridgehead atoms. The Morgan fingerprint density at radius 1 is 1.39 bits per heavy atom. The molecule has 2 rings (SSSR count). The summed E-state index contributed by atoms with van der Waals surface area (Å²) in [5.41, 5.74) is 2.85. The average molecular weight is 265 g/mol. The summed E-state index contributed by atoms with van der Waals surface area (Å²) in [6.45, 7) is 3.94. The van der Waals surface area contributed by atoms with E-state index < -0.39 is 0 Å². The lowest BCUT2D eigenvalue weighted by Crippen LogP contribution is -2.05. The first-order valence-electron chi connectivity index (χ1n) is 5.52. The molecule has 96 valence electrons. The number of aryl methyl sites for hydroxylation is 2. The number of hydrogen-bond donors (Lipinski definition) is 0. The first kappa shape index (κ1) is 12.8. The Hall–Kier alpha value is -1.63. The summed E-state index contributed by atoms with van der Waals surface area (Å²) in [6.07, 6.45) is 0. The monoisotopic (exact) mass is 265 g/mol. The minimum Gasteiger partial charge on any atom is -0.351 e. The second-order valence-corrected chi connectivity index (χ2v) is 5.08. The molecule has 0 amide bonds. The second kappa shape index (κ2) is 4.93. The van der Waals surface area contributed by atoms with Gasteiger partial charge < -0.3 is 4.57 Å². The van der Waals surface area contributed by atoms with E-state index in [-0.39, 0.29) is 5.78 Å². The van der Waals surface area contributed by atoms with Gasteiger partial charge in [0.25, 0.3) is 0 Å². The quantitative estimate of drug-likeness (QED) is 0.612. The van der Waals surface area contributed by atoms with Crippen LogP contribution in [-0.2, 0) is 14.1 Å². The lowest BCUT2D eigenvalue weighted by atomic mass is 10.2. The molecule has 2 heterocycles. The molecule has 7 heteroatoms. The van der Waals surface area contributed by atoms with Crippen LogP contribution in [0.5, 0.6) is 0 Å². The highest BCUT2D eigenvalue weighted by Gasteiger charge is 2.15. The largest absolute Gasteiger partial charge is 0.351 e. The number of Topliss-reactive ketones (excluding diaryl/α,β-unsaturated/α-hetero) is 1. The van der Waals surface area contributed by atoms with Gasteiger partial charge >= 0.3 is 0 Å². The summed E-state index contributed by atoms with van der Waals surface area (Å²) in [5, 5.41) is 11.7. The molecule has 0 radical (unpaired) electrons. The fourth-order valence-electron chi connectivity index (χ4n) is 1.69. The van der Waals surface area contributed by atoms with Crippen molar-refractivity contribution in [2.75, 3.05) is 5.75 Å². The van der Waals surface area contributed by atoms with Crippen LogP contribution < -0.4 is 0 Å². The van der Waals surface area contributed by atoms with Gasteiger partial charge in [-0.3, -0.25) is 4.79 Å². The van der Waals surface area contributed by atoms with E-state index in [0.717, 1.165) is 17.0 Å². The Morgan fingerprint density at radius 3 is 2.61 bits per heavy atom. The van der Waals surface area contributed by atoms with Crippen LogP contribution in [0, 0.1) is 13.8 Å². The summed E-state index contributed by atoms with van der Waals surface area (Å²) in [4.78, 5) is 12.1. The SMILES string of the molecule is Cc1cc(C(=O)CSc2nnnn2C)c(C)n1C. The minimum absolute atomic E-state index is 0.101. The van der Waals surface area contributed by atoms with Crippen molar-refractivity contribution in [1.82, 2.24) is 24.8 Å². The highest BCUT2D eigenvalue weighted by atomic mass is 32.2. The molecule has 0 aliphatic heterocycles. The van der Waals surface area contributed by atoms with Crippen LogP contribution in [0.15, 0.2) is 11.2 Å². The lowest BCUT2D eigenvalue weighted by Gasteiger charge is -2.01. The molecular formula is C11H15N5OS. The van der Waals surface area contributed by atoms with E-state index in [4.69, 9.17) is 0 Å². The summed E-state index contributed by atoms with van der Waals surface area (Å²) in [6, 6.07) is 1.92. The van der Waals surface area contributed by atoms with Gasteiger partial charge in [0.2, 0.25) is 5.16 Å². The highest BCUT2D eigenvalue weighted by molar-refractivity contribution is 7.99. The smallest absolute Gasteiger partial charge is 0.209 e. The Morgan fingerprint density at radius 2 is 2.11 bits per heavy atom. The fourth-order valence-corrected chi connectivity index (χ4v) is 2.42. The van der Waals surface area contributed by atoms with Crippen molar-refractivity contribution in [1.29, 1.82) is 0 Å². The van der Waals surface area contributed by atoms with Crippen LogP contribution in [0.3, 0.4) is 0 Å². The van der Waals surface area contributed by atoms with Crippen molar-refractivity contribution in [3.05, 3.63) is 23.0 Å². The van der Waals surface area contributed by atoms with Gasteiger partial charge in [-0.25, -0.2) is 4.68 Å². The van der Waals surface area contributed by atoms with E-state index in [1.54, 1.807) is 11.7 Å². The van der Waals surface area contributed by atoms with Gasteiger partial charge in [0, 0.05) is 31.0 Å². The molecule has 0 N–H and O–H groups in total. The maximum absolute atomic E-state index is 12.1. The molecule has 0 aliphatic rings. The van der Waals surface area contributed by atoms with Crippen LogP contribution >= 0.6 is 11.8 Å². The molecule has 0 unspecified atom stereocenters. The molecule has 2 aromatic rings. The molecular weight excluding hydrogens is 250 g/mol. The molecule has 18 heavy (non-hydrogen) atoms. The van der Waals surface area contributed by atoms with Crippen LogP contribution in [0.25, 0.3) is 0 Å². The maximum Gasteiger partial charge on any atom is 0.209 e. The third kappa shape index (κ3) is 2.31. The molecule has 6 nitrogen and oxygen atoms in total. The standard InChI is InChI=1S/C11H15N5OS/c1-7-5-9(8(2)15(7)3)10(17)6-18-11-12-13-14-16(11)4/h5H,6H2,1-4H3. The average Bonchev–Trinajstić information content (AvgIpc) is 2.86. The van der Waals surface area contributed by atoms with Crippen molar-refractivity contribution >= 4 is 17.5 Å². The van der Waals surface area contributed by atoms with Crippen molar-refractivity contribution < 1.29 is 4.79 Å². The minimum atomic E-state index is 0.101. The van der Waals surface area contributed by atoms with Crippen LogP contribution in [0.4, 0.5) is 0 Å². The third-order valence-electron chi connectivity index (χ3n) is 2.99. The highest BCUT2D eigenvalue weighted by Crippen LogP contribution is 2.19. The van der Waals surface area contributed by atoms with E-state index >= 15 is 0 Å². The van der Waals surface area contributed by atoms with E-state index in [0.29, 0.717) is 10.9 Å². The third-order valence-corrected chi connectivity index (χ3v) is 4.00. The van der Waals surface area contributed by atoms with Gasteiger partial charge in [-0.05, 0) is 30.3 Å². The number of rotatable bonds is 4. The normalized spacial score (nSPS) is 10.9. The Kier molecular flexibility index (Phi) is 3.51. The van der Waals surface area contributed by atoms with Crippen LogP contribution in [-0.4, -0.2) is 36.3 Å². The zero-order valence-corrected chi connectivity index (χ0v) is 11.7. The number of aromatic nitrogens is 5. The Bertz CT molecular complexity index is 586. The molecule has 0 saturated carbocycles. The first-order valence-corrected chi connectivity index (χ1v) is 6.50. The number of carbonyl (C=O) groups excluding carboxylic acids is 1. The summed E-state index contributed by atoms with van der Waals surface area (Å²) in [7, 11) is 3.71. The van der Waals surface area contributed by atoms with Crippen LogP contribution in [0.1, 0.15) is 21.7 Å². The van der Waals surface area contributed by atoms with Gasteiger partial charge in [0.1, 0.15) is 0 Å². The first-order chi connectivity index (χ1) is 8.50. The predicted molar refractivity (Wildman–Crippen MR) is 68.7 cm³/mol. The van der Waals surface area contributed by atoms with Gasteiger partial charge in [0.15, 0.2) is 5.78 Å². The number of nitrogens with zero attached hydrogens (tertiary/aromatic N) is 5.